The van der Waals surface area contributed by atoms with Gasteiger partial charge >= 0.3 is 0 Å². The third kappa shape index (κ3) is 3.37. The Morgan fingerprint density at radius 1 is 0.968 bits per heavy atom. The van der Waals surface area contributed by atoms with Gasteiger partial charge in [0.05, 0.1) is 29.3 Å². The number of anilines is 1. The van der Waals surface area contributed by atoms with Gasteiger partial charge in [-0.25, -0.2) is 4.39 Å². The van der Waals surface area contributed by atoms with E-state index >= 15 is 0 Å². The number of hydrogen-bond acceptors (Lipinski definition) is 3. The minimum atomic E-state index is -0.325. The van der Waals surface area contributed by atoms with Crippen LogP contribution in [0.3, 0.4) is 0 Å². The molecule has 2 atom stereocenters. The fraction of sp³-hybridized carbons (Fsp3) is 0.125. The van der Waals surface area contributed by atoms with Crippen molar-refractivity contribution in [3.8, 4) is 5.69 Å². The average Bonchev–Trinajstić information content (AvgIpc) is 3.35. The summed E-state index contributed by atoms with van der Waals surface area (Å²) in [5, 5.41) is 3.84. The number of thiocarbonyl (C=S) groups is 1. The van der Waals surface area contributed by atoms with Gasteiger partial charge in [-0.3, -0.25) is 9.97 Å². The molecule has 5 rings (SSSR count). The second-order valence-corrected chi connectivity index (χ2v) is 7.78. The lowest BCUT2D eigenvalue weighted by Gasteiger charge is -2.29. The number of benzene rings is 1. The lowest BCUT2D eigenvalue weighted by molar-refractivity contribution is 0.540. The van der Waals surface area contributed by atoms with Crippen LogP contribution in [0.4, 0.5) is 10.1 Å². The van der Waals surface area contributed by atoms with Crippen LogP contribution in [0.25, 0.3) is 5.69 Å². The highest BCUT2D eigenvalue weighted by Gasteiger charge is 2.43. The molecule has 5 nitrogen and oxygen atoms in total. The van der Waals surface area contributed by atoms with Crippen molar-refractivity contribution in [3.05, 3.63) is 108 Å². The maximum Gasteiger partial charge on any atom is 0.174 e. The number of nitrogens with zero attached hydrogens (tertiary/aromatic N) is 4. The predicted octanol–water partition coefficient (Wildman–Crippen LogP) is 4.89. The van der Waals surface area contributed by atoms with Gasteiger partial charge in [-0.1, -0.05) is 18.2 Å². The van der Waals surface area contributed by atoms with Gasteiger partial charge in [0.2, 0.25) is 0 Å². The molecular weight excluding hydrogens is 409 g/mol. The van der Waals surface area contributed by atoms with Gasteiger partial charge in [-0.2, -0.15) is 0 Å². The zero-order chi connectivity index (χ0) is 21.4. The number of nitrogens with one attached hydrogen (secondary N) is 1. The third-order valence-electron chi connectivity index (χ3n) is 5.52. The summed E-state index contributed by atoms with van der Waals surface area (Å²) in [7, 11) is 0. The molecule has 0 bridgehead atoms. The summed E-state index contributed by atoms with van der Waals surface area (Å²) < 4.78 is 17.0. The van der Waals surface area contributed by atoms with Crippen LogP contribution < -0.4 is 10.2 Å². The number of aryl methyl sites for hydroxylation is 1. The van der Waals surface area contributed by atoms with Crippen molar-refractivity contribution in [2.45, 2.75) is 19.0 Å². The molecule has 4 aromatic rings. The first-order valence-electron chi connectivity index (χ1n) is 9.99. The molecule has 1 aliphatic rings. The molecule has 0 saturated carbocycles. The molecule has 0 unspecified atom stereocenters. The van der Waals surface area contributed by atoms with E-state index in [-0.39, 0.29) is 17.9 Å². The number of para-hydroxylation sites is 1. The van der Waals surface area contributed by atoms with E-state index in [1.165, 1.54) is 6.07 Å². The van der Waals surface area contributed by atoms with E-state index in [0.29, 0.717) is 10.8 Å². The first-order chi connectivity index (χ1) is 15.1. The number of aromatic nitrogens is 3. The molecule has 0 spiro atoms. The van der Waals surface area contributed by atoms with Gasteiger partial charge in [0.1, 0.15) is 11.9 Å². The van der Waals surface area contributed by atoms with Crippen molar-refractivity contribution in [2.75, 3.05) is 4.90 Å². The Kier molecular flexibility index (Phi) is 4.95. The van der Waals surface area contributed by atoms with Crippen molar-refractivity contribution in [1.29, 1.82) is 0 Å². The van der Waals surface area contributed by atoms with Gasteiger partial charge in [-0.05, 0) is 67.7 Å². The van der Waals surface area contributed by atoms with Gasteiger partial charge in [0.15, 0.2) is 5.11 Å². The normalized spacial score (nSPS) is 18.3. The fourth-order valence-electron chi connectivity index (χ4n) is 4.19. The predicted molar refractivity (Wildman–Crippen MR) is 123 cm³/mol. The van der Waals surface area contributed by atoms with Crippen molar-refractivity contribution >= 4 is 23.0 Å². The molecule has 4 heterocycles. The van der Waals surface area contributed by atoms with Crippen LogP contribution in [-0.2, 0) is 0 Å². The van der Waals surface area contributed by atoms with E-state index in [0.717, 1.165) is 22.8 Å². The molecule has 1 aliphatic heterocycles. The molecule has 3 aromatic heterocycles. The van der Waals surface area contributed by atoms with E-state index in [1.54, 1.807) is 24.5 Å². The first-order valence-corrected chi connectivity index (χ1v) is 10.4. The van der Waals surface area contributed by atoms with Gasteiger partial charge in [0.25, 0.3) is 0 Å². The van der Waals surface area contributed by atoms with E-state index in [2.05, 4.69) is 32.0 Å². The average molecular weight is 430 g/mol. The fourth-order valence-corrected chi connectivity index (χ4v) is 4.53. The molecule has 0 amide bonds. The van der Waals surface area contributed by atoms with Crippen molar-refractivity contribution < 1.29 is 4.39 Å². The van der Waals surface area contributed by atoms with Crippen LogP contribution in [0.1, 0.15) is 29.2 Å². The SMILES string of the molecule is Cc1ccc([C@@H]2[C@H](c3ccccn3)NC(=S)N2c2ccccc2F)n1-c1cccnc1. The number of pyridine rings is 2. The number of hydrogen-bond donors (Lipinski definition) is 1. The van der Waals surface area contributed by atoms with Crippen molar-refractivity contribution in [3.63, 3.8) is 0 Å². The standard InChI is InChI=1S/C24H20FN5S/c1-16-11-12-21(29(16)17-7-6-13-26-15-17)23-22(19-9-4-5-14-27-19)28-24(31)30(23)20-10-3-2-8-18(20)25/h2-15,22-23H,1H3,(H,28,31)/t22-,23+/m0/s1. The molecule has 0 radical (unpaired) electrons. The summed E-state index contributed by atoms with van der Waals surface area (Å²) in [5.41, 5.74) is 4.22. The summed E-state index contributed by atoms with van der Waals surface area (Å²) in [6.45, 7) is 2.04. The first kappa shape index (κ1) is 19.4. The zero-order valence-electron chi connectivity index (χ0n) is 16.8. The Balaban J connectivity index is 1.72. The highest BCUT2D eigenvalue weighted by atomic mass is 32.1. The smallest absolute Gasteiger partial charge is 0.174 e. The van der Waals surface area contributed by atoms with Crippen LogP contribution in [-0.4, -0.2) is 19.6 Å². The largest absolute Gasteiger partial charge is 0.351 e. The van der Waals surface area contributed by atoms with Crippen LogP contribution in [0.5, 0.6) is 0 Å². The number of rotatable bonds is 4. The summed E-state index contributed by atoms with van der Waals surface area (Å²) in [4.78, 5) is 10.7. The summed E-state index contributed by atoms with van der Waals surface area (Å²) >= 11 is 5.70. The minimum absolute atomic E-state index is 0.252. The molecule has 1 N–H and O–H groups in total. The van der Waals surface area contributed by atoms with Gasteiger partial charge < -0.3 is 14.8 Å². The van der Waals surface area contributed by atoms with E-state index in [9.17, 15) is 4.39 Å². The van der Waals surface area contributed by atoms with Crippen LogP contribution >= 0.6 is 12.2 Å². The molecule has 1 fully saturated rings. The molecule has 7 heteroatoms. The van der Waals surface area contributed by atoms with E-state index < -0.39 is 0 Å². The lowest BCUT2D eigenvalue weighted by Crippen LogP contribution is -2.31. The summed E-state index contributed by atoms with van der Waals surface area (Å²) in [6, 6.07) is 19.9. The maximum atomic E-state index is 14.9. The summed E-state index contributed by atoms with van der Waals surface area (Å²) in [6.07, 6.45) is 5.32. The third-order valence-corrected chi connectivity index (χ3v) is 5.84. The highest BCUT2D eigenvalue weighted by molar-refractivity contribution is 7.80. The quantitative estimate of drug-likeness (QED) is 0.468. The zero-order valence-corrected chi connectivity index (χ0v) is 17.6. The topological polar surface area (TPSA) is 46.0 Å². The molecule has 1 saturated heterocycles. The number of halogens is 1. The molecule has 31 heavy (non-hydrogen) atoms. The Morgan fingerprint density at radius 2 is 1.81 bits per heavy atom. The Labute approximate surface area is 185 Å². The van der Waals surface area contributed by atoms with Crippen molar-refractivity contribution in [1.82, 2.24) is 19.9 Å². The maximum absolute atomic E-state index is 14.9. The second kappa shape index (κ2) is 7.92. The van der Waals surface area contributed by atoms with Crippen LogP contribution in [0.15, 0.2) is 85.3 Å². The highest BCUT2D eigenvalue weighted by Crippen LogP contribution is 2.43. The molecule has 1 aromatic carbocycles. The Hall–Kier alpha value is -3.58. The molecular formula is C24H20FN5S. The van der Waals surface area contributed by atoms with Crippen molar-refractivity contribution in [2.24, 2.45) is 0 Å². The summed E-state index contributed by atoms with van der Waals surface area (Å²) in [5.74, 6) is -0.325. The molecule has 0 aliphatic carbocycles. The Morgan fingerprint density at radius 3 is 2.55 bits per heavy atom. The lowest BCUT2D eigenvalue weighted by atomic mass is 10.0. The van der Waals surface area contributed by atoms with Crippen LogP contribution in [0, 0.1) is 12.7 Å². The second-order valence-electron chi connectivity index (χ2n) is 7.39. The van der Waals surface area contributed by atoms with E-state index in [1.807, 2.05) is 54.4 Å². The van der Waals surface area contributed by atoms with Crippen LogP contribution in [0.2, 0.25) is 0 Å². The minimum Gasteiger partial charge on any atom is -0.351 e. The van der Waals surface area contributed by atoms with Gasteiger partial charge in [0, 0.05) is 23.8 Å². The molecule has 154 valence electrons. The van der Waals surface area contributed by atoms with Gasteiger partial charge in [-0.15, -0.1) is 0 Å². The van der Waals surface area contributed by atoms with E-state index in [4.69, 9.17) is 12.2 Å². The monoisotopic (exact) mass is 429 g/mol. The Bertz CT molecular complexity index is 1230.